The van der Waals surface area contributed by atoms with Crippen molar-refractivity contribution in [3.05, 3.63) is 30.3 Å². The molecule has 2 rings (SSSR count). The predicted octanol–water partition coefficient (Wildman–Crippen LogP) is 2.96. The van der Waals surface area contributed by atoms with Gasteiger partial charge in [0, 0.05) is 17.8 Å². The van der Waals surface area contributed by atoms with Gasteiger partial charge in [-0.15, -0.1) is 0 Å². The molecule has 0 saturated carbocycles. The molecule has 0 radical (unpaired) electrons. The van der Waals surface area contributed by atoms with Gasteiger partial charge < -0.3 is 4.90 Å². The van der Waals surface area contributed by atoms with Gasteiger partial charge in [0.1, 0.15) is 0 Å². The van der Waals surface area contributed by atoms with Crippen molar-refractivity contribution in [2.45, 2.75) is 51.6 Å². The largest absolute Gasteiger partial charge is 0.309 e. The van der Waals surface area contributed by atoms with Gasteiger partial charge in [0.25, 0.3) is 0 Å². The summed E-state index contributed by atoms with van der Waals surface area (Å²) in [4.78, 5) is 14.8. The number of hydrogen-bond acceptors (Lipinski definition) is 2. The number of anilines is 1. The van der Waals surface area contributed by atoms with E-state index in [1.54, 1.807) is 0 Å². The lowest BCUT2D eigenvalue weighted by atomic mass is 9.83. The highest BCUT2D eigenvalue weighted by atomic mass is 16.2. The van der Waals surface area contributed by atoms with Crippen LogP contribution in [0.5, 0.6) is 0 Å². The van der Waals surface area contributed by atoms with Gasteiger partial charge in [-0.05, 0) is 38.8 Å². The summed E-state index contributed by atoms with van der Waals surface area (Å²) in [6.07, 6.45) is 1.63. The molecule has 1 aliphatic heterocycles. The van der Waals surface area contributed by atoms with E-state index in [2.05, 4.69) is 33.0 Å². The van der Waals surface area contributed by atoms with Crippen LogP contribution in [0.1, 0.15) is 40.5 Å². The lowest BCUT2D eigenvalue weighted by Gasteiger charge is -2.49. The molecular formula is C16H24N2O. The first kappa shape index (κ1) is 14.1. The Labute approximate surface area is 116 Å². The summed E-state index contributed by atoms with van der Waals surface area (Å²) in [6.45, 7) is 9.19. The predicted molar refractivity (Wildman–Crippen MR) is 79.3 cm³/mol. The molecule has 0 spiro atoms. The monoisotopic (exact) mass is 260 g/mol. The Morgan fingerprint density at radius 1 is 1.16 bits per heavy atom. The average Bonchev–Trinajstić information content (AvgIpc) is 2.42. The van der Waals surface area contributed by atoms with Crippen LogP contribution >= 0.6 is 0 Å². The zero-order chi connectivity index (χ0) is 14.1. The SMILES string of the molecule is CCC1(CC)NC(C)(C)CN(c2ccccc2)C1=O. The molecule has 0 aromatic heterocycles. The maximum atomic E-state index is 12.9. The number of carbonyl (C=O) groups is 1. The average molecular weight is 260 g/mol. The summed E-state index contributed by atoms with van der Waals surface area (Å²) in [5, 5.41) is 3.56. The van der Waals surface area contributed by atoms with E-state index in [4.69, 9.17) is 0 Å². The standard InChI is InChI=1S/C16H24N2O/c1-5-16(6-2)14(19)18(12-15(3,4)17-16)13-10-8-7-9-11-13/h7-11,17H,5-6,12H2,1-4H3. The molecule has 104 valence electrons. The Balaban J connectivity index is 2.41. The summed E-state index contributed by atoms with van der Waals surface area (Å²) in [5.74, 6) is 0.197. The molecule has 1 N–H and O–H groups in total. The number of carbonyl (C=O) groups excluding carboxylic acids is 1. The maximum Gasteiger partial charge on any atom is 0.247 e. The van der Waals surface area contributed by atoms with Crippen molar-refractivity contribution < 1.29 is 4.79 Å². The quantitative estimate of drug-likeness (QED) is 0.906. The highest BCUT2D eigenvalue weighted by Gasteiger charge is 2.47. The molecule has 0 aliphatic carbocycles. The first-order valence-corrected chi connectivity index (χ1v) is 7.10. The number of hydrogen-bond donors (Lipinski definition) is 1. The van der Waals surface area contributed by atoms with Gasteiger partial charge in [-0.25, -0.2) is 0 Å². The van der Waals surface area contributed by atoms with Gasteiger partial charge >= 0.3 is 0 Å². The van der Waals surface area contributed by atoms with E-state index in [0.29, 0.717) is 6.54 Å². The first-order valence-electron chi connectivity index (χ1n) is 7.10. The van der Waals surface area contributed by atoms with Crippen LogP contribution in [0.3, 0.4) is 0 Å². The molecule has 1 saturated heterocycles. The van der Waals surface area contributed by atoms with Gasteiger partial charge in [-0.2, -0.15) is 0 Å². The van der Waals surface area contributed by atoms with Crippen LogP contribution in [0.25, 0.3) is 0 Å². The summed E-state index contributed by atoms with van der Waals surface area (Å²) < 4.78 is 0. The molecule has 1 aliphatic rings. The second-order valence-electron chi connectivity index (χ2n) is 6.02. The summed E-state index contributed by atoms with van der Waals surface area (Å²) in [6, 6.07) is 9.97. The molecule has 1 fully saturated rings. The molecule has 1 aromatic rings. The Morgan fingerprint density at radius 3 is 2.26 bits per heavy atom. The van der Waals surface area contributed by atoms with E-state index in [-0.39, 0.29) is 11.4 Å². The van der Waals surface area contributed by atoms with Crippen LogP contribution < -0.4 is 10.2 Å². The molecule has 0 bridgehead atoms. The summed E-state index contributed by atoms with van der Waals surface area (Å²) in [7, 11) is 0. The third kappa shape index (κ3) is 2.52. The Hall–Kier alpha value is -1.35. The minimum atomic E-state index is -0.433. The van der Waals surface area contributed by atoms with E-state index in [1.165, 1.54) is 0 Å². The highest BCUT2D eigenvalue weighted by molar-refractivity contribution is 6.01. The molecule has 19 heavy (non-hydrogen) atoms. The van der Waals surface area contributed by atoms with E-state index >= 15 is 0 Å². The Kier molecular flexibility index (Phi) is 3.68. The third-order valence-electron chi connectivity index (χ3n) is 4.06. The lowest BCUT2D eigenvalue weighted by Crippen LogP contribution is -2.71. The minimum absolute atomic E-state index is 0.0736. The number of piperazine rings is 1. The van der Waals surface area contributed by atoms with E-state index < -0.39 is 5.54 Å². The molecule has 0 unspecified atom stereocenters. The second-order valence-corrected chi connectivity index (χ2v) is 6.02. The fraction of sp³-hybridized carbons (Fsp3) is 0.562. The summed E-state index contributed by atoms with van der Waals surface area (Å²) >= 11 is 0. The Bertz CT molecular complexity index is 449. The lowest BCUT2D eigenvalue weighted by molar-refractivity contribution is -0.128. The topological polar surface area (TPSA) is 32.3 Å². The van der Waals surface area contributed by atoms with Gasteiger partial charge in [-0.3, -0.25) is 10.1 Å². The van der Waals surface area contributed by atoms with Crippen molar-refractivity contribution in [1.29, 1.82) is 0 Å². The van der Waals surface area contributed by atoms with E-state index in [9.17, 15) is 4.79 Å². The first-order chi connectivity index (χ1) is 8.94. The number of benzene rings is 1. The van der Waals surface area contributed by atoms with Crippen molar-refractivity contribution >= 4 is 11.6 Å². The van der Waals surface area contributed by atoms with Gasteiger partial charge in [0.2, 0.25) is 5.91 Å². The van der Waals surface area contributed by atoms with Crippen LogP contribution in [0, 0.1) is 0 Å². The molecule has 1 amide bonds. The van der Waals surface area contributed by atoms with Crippen molar-refractivity contribution in [3.8, 4) is 0 Å². The van der Waals surface area contributed by atoms with Gasteiger partial charge in [0.05, 0.1) is 5.54 Å². The molecule has 3 nitrogen and oxygen atoms in total. The van der Waals surface area contributed by atoms with Gasteiger partial charge in [0.15, 0.2) is 0 Å². The minimum Gasteiger partial charge on any atom is -0.309 e. The maximum absolute atomic E-state index is 12.9. The van der Waals surface area contributed by atoms with Crippen molar-refractivity contribution in [2.75, 3.05) is 11.4 Å². The normalized spacial score (nSPS) is 21.5. The van der Waals surface area contributed by atoms with Crippen LogP contribution in [0.15, 0.2) is 30.3 Å². The van der Waals surface area contributed by atoms with Crippen LogP contribution in [0.2, 0.25) is 0 Å². The number of nitrogens with one attached hydrogen (secondary N) is 1. The zero-order valence-corrected chi connectivity index (χ0v) is 12.4. The molecule has 0 atom stereocenters. The zero-order valence-electron chi connectivity index (χ0n) is 12.4. The van der Waals surface area contributed by atoms with Gasteiger partial charge in [-0.1, -0.05) is 32.0 Å². The highest BCUT2D eigenvalue weighted by Crippen LogP contribution is 2.31. The smallest absolute Gasteiger partial charge is 0.247 e. The van der Waals surface area contributed by atoms with Crippen molar-refractivity contribution in [1.82, 2.24) is 5.32 Å². The number of amides is 1. The third-order valence-corrected chi connectivity index (χ3v) is 4.06. The summed E-state index contributed by atoms with van der Waals surface area (Å²) in [5.41, 5.74) is 0.487. The fourth-order valence-corrected chi connectivity index (χ4v) is 3.01. The molecule has 3 heteroatoms. The van der Waals surface area contributed by atoms with Crippen LogP contribution in [0.4, 0.5) is 5.69 Å². The van der Waals surface area contributed by atoms with E-state index in [1.807, 2.05) is 35.2 Å². The second kappa shape index (κ2) is 4.97. The number of para-hydroxylation sites is 1. The van der Waals surface area contributed by atoms with Crippen molar-refractivity contribution in [2.24, 2.45) is 0 Å². The van der Waals surface area contributed by atoms with E-state index in [0.717, 1.165) is 18.5 Å². The van der Waals surface area contributed by atoms with Crippen LogP contribution in [-0.4, -0.2) is 23.5 Å². The number of nitrogens with zero attached hydrogens (tertiary/aromatic N) is 1. The molecular weight excluding hydrogens is 236 g/mol. The molecule has 1 heterocycles. The number of rotatable bonds is 3. The Morgan fingerprint density at radius 2 is 1.74 bits per heavy atom. The van der Waals surface area contributed by atoms with Crippen molar-refractivity contribution in [3.63, 3.8) is 0 Å². The molecule has 1 aromatic carbocycles. The fourth-order valence-electron chi connectivity index (χ4n) is 3.01. The van der Waals surface area contributed by atoms with Crippen LogP contribution in [-0.2, 0) is 4.79 Å².